The number of Topliss-reactive ketones (excluding diaryl/α,β-unsaturated/α-hetero) is 1. The molecule has 0 atom stereocenters. The van der Waals surface area contributed by atoms with E-state index in [1.54, 1.807) is 28.8 Å². The van der Waals surface area contributed by atoms with Crippen molar-refractivity contribution < 1.29 is 9.59 Å². The van der Waals surface area contributed by atoms with Gasteiger partial charge in [-0.3, -0.25) is 9.59 Å². The van der Waals surface area contributed by atoms with Crippen LogP contribution in [0.3, 0.4) is 0 Å². The van der Waals surface area contributed by atoms with Crippen LogP contribution in [0.2, 0.25) is 0 Å². The molecule has 0 radical (unpaired) electrons. The van der Waals surface area contributed by atoms with E-state index in [0.717, 1.165) is 17.0 Å². The zero-order chi connectivity index (χ0) is 18.0. The van der Waals surface area contributed by atoms with E-state index in [2.05, 4.69) is 20.4 Å². The van der Waals surface area contributed by atoms with Gasteiger partial charge < -0.3 is 5.32 Å². The molecule has 1 N–H and O–H groups in total. The van der Waals surface area contributed by atoms with E-state index in [9.17, 15) is 9.59 Å². The van der Waals surface area contributed by atoms with E-state index in [1.807, 2.05) is 13.8 Å². The molecule has 0 aliphatic heterocycles. The Balaban J connectivity index is 1.74. The van der Waals surface area contributed by atoms with Crippen LogP contribution in [0.15, 0.2) is 30.6 Å². The summed E-state index contributed by atoms with van der Waals surface area (Å²) >= 11 is 0. The maximum Gasteiger partial charge on any atom is 0.252 e. The summed E-state index contributed by atoms with van der Waals surface area (Å²) in [7, 11) is 0. The summed E-state index contributed by atoms with van der Waals surface area (Å²) in [6.07, 6.45) is 2.29. The number of hydrogen-bond donors (Lipinski definition) is 1. The molecule has 7 nitrogen and oxygen atoms in total. The van der Waals surface area contributed by atoms with Crippen LogP contribution in [0, 0.1) is 13.8 Å². The SMILES string of the molecule is CC(=O)c1ccccc1NC(=O)CCc1c(C)nc2ncnn2c1C. The van der Waals surface area contributed by atoms with Crippen molar-refractivity contribution in [2.24, 2.45) is 0 Å². The molecule has 0 aliphatic carbocycles. The van der Waals surface area contributed by atoms with Crippen LogP contribution in [-0.2, 0) is 11.2 Å². The number of carbonyl (C=O) groups excluding carboxylic acids is 2. The van der Waals surface area contributed by atoms with Crippen molar-refractivity contribution in [1.29, 1.82) is 0 Å². The highest BCUT2D eigenvalue weighted by Gasteiger charge is 2.14. The molecular weight excluding hydrogens is 318 g/mol. The van der Waals surface area contributed by atoms with Crippen LogP contribution >= 0.6 is 0 Å². The second-order valence-corrected chi connectivity index (χ2v) is 5.88. The average molecular weight is 337 g/mol. The molecule has 2 aromatic heterocycles. The molecule has 3 aromatic rings. The van der Waals surface area contributed by atoms with Gasteiger partial charge in [0.15, 0.2) is 5.78 Å². The fraction of sp³-hybridized carbons (Fsp3) is 0.278. The van der Waals surface area contributed by atoms with Crippen LogP contribution in [-0.4, -0.2) is 31.3 Å². The van der Waals surface area contributed by atoms with Gasteiger partial charge in [-0.2, -0.15) is 10.1 Å². The molecule has 1 amide bonds. The lowest BCUT2D eigenvalue weighted by atomic mass is 10.1. The lowest BCUT2D eigenvalue weighted by Gasteiger charge is -2.11. The van der Waals surface area contributed by atoms with Gasteiger partial charge >= 0.3 is 0 Å². The summed E-state index contributed by atoms with van der Waals surface area (Å²) in [6.45, 7) is 5.32. The Morgan fingerprint density at radius 3 is 2.72 bits per heavy atom. The molecule has 0 unspecified atom stereocenters. The molecule has 0 saturated heterocycles. The summed E-state index contributed by atoms with van der Waals surface area (Å²) in [5.74, 6) is 0.327. The van der Waals surface area contributed by atoms with Gasteiger partial charge in [0.2, 0.25) is 5.91 Å². The van der Waals surface area contributed by atoms with E-state index in [4.69, 9.17) is 0 Å². The van der Waals surface area contributed by atoms with Crippen molar-refractivity contribution in [2.75, 3.05) is 5.32 Å². The van der Waals surface area contributed by atoms with Crippen LogP contribution in [0.25, 0.3) is 5.78 Å². The third kappa shape index (κ3) is 3.40. The summed E-state index contributed by atoms with van der Waals surface area (Å²) in [5.41, 5.74) is 3.80. The zero-order valence-corrected chi connectivity index (χ0v) is 14.4. The number of anilines is 1. The predicted octanol–water partition coefficient (Wildman–Crippen LogP) is 2.52. The van der Waals surface area contributed by atoms with Gasteiger partial charge in [-0.05, 0) is 44.9 Å². The number of ketones is 1. The number of nitrogens with one attached hydrogen (secondary N) is 1. The van der Waals surface area contributed by atoms with Crippen LogP contribution in [0.5, 0.6) is 0 Å². The number of aryl methyl sites for hydroxylation is 2. The number of carbonyl (C=O) groups is 2. The van der Waals surface area contributed by atoms with E-state index in [1.165, 1.54) is 13.3 Å². The van der Waals surface area contributed by atoms with Crippen molar-refractivity contribution in [3.8, 4) is 0 Å². The number of fused-ring (bicyclic) bond motifs is 1. The Labute approximate surface area is 145 Å². The van der Waals surface area contributed by atoms with Crippen LogP contribution in [0.4, 0.5) is 5.69 Å². The van der Waals surface area contributed by atoms with Crippen molar-refractivity contribution in [2.45, 2.75) is 33.6 Å². The van der Waals surface area contributed by atoms with Crippen molar-refractivity contribution >= 4 is 23.2 Å². The summed E-state index contributed by atoms with van der Waals surface area (Å²) in [6, 6.07) is 7.00. The van der Waals surface area contributed by atoms with Gasteiger partial charge in [0.1, 0.15) is 6.33 Å². The fourth-order valence-corrected chi connectivity index (χ4v) is 2.87. The number of rotatable bonds is 5. The molecule has 128 valence electrons. The Morgan fingerprint density at radius 1 is 1.20 bits per heavy atom. The van der Waals surface area contributed by atoms with E-state index in [0.29, 0.717) is 23.4 Å². The first kappa shape index (κ1) is 16.8. The third-order valence-electron chi connectivity index (χ3n) is 4.17. The number of amides is 1. The number of aromatic nitrogens is 4. The normalized spacial score (nSPS) is 10.8. The summed E-state index contributed by atoms with van der Waals surface area (Å²) < 4.78 is 1.67. The van der Waals surface area contributed by atoms with Crippen molar-refractivity contribution in [3.63, 3.8) is 0 Å². The van der Waals surface area contributed by atoms with Gasteiger partial charge in [0.05, 0.1) is 5.69 Å². The van der Waals surface area contributed by atoms with Crippen molar-refractivity contribution in [3.05, 3.63) is 53.1 Å². The maximum absolute atomic E-state index is 12.3. The minimum absolute atomic E-state index is 0.0802. The highest BCUT2D eigenvalue weighted by molar-refractivity contribution is 6.03. The Bertz CT molecular complexity index is 961. The average Bonchev–Trinajstić information content (AvgIpc) is 3.03. The molecule has 0 fully saturated rings. The fourth-order valence-electron chi connectivity index (χ4n) is 2.87. The smallest absolute Gasteiger partial charge is 0.252 e. The lowest BCUT2D eigenvalue weighted by Crippen LogP contribution is -2.16. The minimum Gasteiger partial charge on any atom is -0.325 e. The highest BCUT2D eigenvalue weighted by atomic mass is 16.1. The highest BCUT2D eigenvalue weighted by Crippen LogP contribution is 2.18. The largest absolute Gasteiger partial charge is 0.325 e. The topological polar surface area (TPSA) is 89.2 Å². The first-order valence-electron chi connectivity index (χ1n) is 8.03. The molecule has 7 heteroatoms. The monoisotopic (exact) mass is 337 g/mol. The van der Waals surface area contributed by atoms with Crippen LogP contribution in [0.1, 0.15) is 40.7 Å². The summed E-state index contributed by atoms with van der Waals surface area (Å²) in [5, 5.41) is 6.97. The molecule has 3 rings (SSSR count). The number of nitrogens with zero attached hydrogens (tertiary/aromatic N) is 4. The van der Waals surface area contributed by atoms with Gasteiger partial charge in [-0.25, -0.2) is 9.50 Å². The van der Waals surface area contributed by atoms with E-state index < -0.39 is 0 Å². The first-order valence-corrected chi connectivity index (χ1v) is 8.03. The zero-order valence-electron chi connectivity index (χ0n) is 14.4. The second kappa shape index (κ2) is 6.80. The number of hydrogen-bond acceptors (Lipinski definition) is 5. The third-order valence-corrected chi connectivity index (χ3v) is 4.17. The number of benzene rings is 1. The summed E-state index contributed by atoms with van der Waals surface area (Å²) in [4.78, 5) is 32.5. The molecule has 0 spiro atoms. The molecule has 0 aliphatic rings. The maximum atomic E-state index is 12.3. The Morgan fingerprint density at radius 2 is 1.96 bits per heavy atom. The van der Waals surface area contributed by atoms with Gasteiger partial charge in [-0.1, -0.05) is 12.1 Å². The van der Waals surface area contributed by atoms with Gasteiger partial charge in [0, 0.05) is 23.4 Å². The lowest BCUT2D eigenvalue weighted by molar-refractivity contribution is -0.116. The van der Waals surface area contributed by atoms with Crippen LogP contribution < -0.4 is 5.32 Å². The molecule has 2 heterocycles. The first-order chi connectivity index (χ1) is 12.0. The Hall–Kier alpha value is -3.09. The quantitative estimate of drug-likeness (QED) is 0.723. The predicted molar refractivity (Wildman–Crippen MR) is 93.7 cm³/mol. The van der Waals surface area contributed by atoms with Gasteiger partial charge in [-0.15, -0.1) is 0 Å². The molecular formula is C18H19N5O2. The molecule has 1 aromatic carbocycles. The molecule has 0 saturated carbocycles. The molecule has 25 heavy (non-hydrogen) atoms. The van der Waals surface area contributed by atoms with E-state index in [-0.39, 0.29) is 18.1 Å². The van der Waals surface area contributed by atoms with Crippen molar-refractivity contribution in [1.82, 2.24) is 19.6 Å². The standard InChI is InChI=1S/C18H19N5O2/c1-11-14(12(2)23-18(21-11)19-10-20-23)8-9-17(25)22-16-7-5-4-6-15(16)13(3)24/h4-7,10H,8-9H2,1-3H3,(H,22,25). The number of para-hydroxylation sites is 1. The second-order valence-electron chi connectivity index (χ2n) is 5.88. The van der Waals surface area contributed by atoms with Gasteiger partial charge in [0.25, 0.3) is 5.78 Å². The Kier molecular flexibility index (Phi) is 4.56. The molecule has 0 bridgehead atoms. The van der Waals surface area contributed by atoms with E-state index >= 15 is 0 Å². The minimum atomic E-state index is -0.147.